The molecule has 1 aliphatic carbocycles. The highest BCUT2D eigenvalue weighted by Gasteiger charge is 2.52. The maximum absolute atomic E-state index is 11.2. The maximum atomic E-state index is 11.2. The van der Waals surface area contributed by atoms with E-state index in [1.54, 1.807) is 18.3 Å². The van der Waals surface area contributed by atoms with Crippen LogP contribution in [0.1, 0.15) is 18.4 Å². The van der Waals surface area contributed by atoms with Crippen molar-refractivity contribution in [1.82, 2.24) is 4.98 Å². The van der Waals surface area contributed by atoms with Gasteiger partial charge in [0.25, 0.3) is 0 Å². The van der Waals surface area contributed by atoms with Gasteiger partial charge in [-0.3, -0.25) is 9.59 Å². The van der Waals surface area contributed by atoms with E-state index in [0.717, 1.165) is 0 Å². The summed E-state index contributed by atoms with van der Waals surface area (Å²) >= 11 is 3.21. The van der Waals surface area contributed by atoms with Crippen molar-refractivity contribution in [2.75, 3.05) is 0 Å². The standard InChI is InChI=1S/C10H8BrNO3/c11-8-7(2-1-3-12-8)10(9(14)15)4-6(13)5-10/h1-3H,4-5H2,(H,14,15). The molecule has 0 radical (unpaired) electrons. The molecule has 0 saturated heterocycles. The minimum atomic E-state index is -1.07. The minimum Gasteiger partial charge on any atom is -0.481 e. The number of hydrogen-bond donors (Lipinski definition) is 1. The van der Waals surface area contributed by atoms with Gasteiger partial charge in [0.1, 0.15) is 15.8 Å². The van der Waals surface area contributed by atoms with E-state index >= 15 is 0 Å². The lowest BCUT2D eigenvalue weighted by atomic mass is 9.64. The number of carbonyl (C=O) groups excluding carboxylic acids is 1. The second-order valence-corrected chi connectivity index (χ2v) is 4.37. The summed E-state index contributed by atoms with van der Waals surface area (Å²) in [6.45, 7) is 0. The first-order chi connectivity index (χ1) is 7.06. The van der Waals surface area contributed by atoms with Crippen molar-refractivity contribution >= 4 is 27.7 Å². The van der Waals surface area contributed by atoms with Crippen LogP contribution in [0.25, 0.3) is 0 Å². The predicted octanol–water partition coefficient (Wildman–Crippen LogP) is 1.53. The zero-order chi connectivity index (χ0) is 11.1. The predicted molar refractivity (Wildman–Crippen MR) is 55.5 cm³/mol. The second-order valence-electron chi connectivity index (χ2n) is 3.62. The Morgan fingerprint density at radius 3 is 2.67 bits per heavy atom. The number of hydrogen-bond acceptors (Lipinski definition) is 3. The van der Waals surface area contributed by atoms with Gasteiger partial charge >= 0.3 is 5.97 Å². The average molecular weight is 270 g/mol. The van der Waals surface area contributed by atoms with Crippen molar-refractivity contribution in [3.05, 3.63) is 28.5 Å². The van der Waals surface area contributed by atoms with Gasteiger partial charge in [0, 0.05) is 24.6 Å². The molecule has 0 spiro atoms. The molecule has 0 aliphatic heterocycles. The first-order valence-electron chi connectivity index (χ1n) is 4.42. The van der Waals surface area contributed by atoms with Crippen LogP contribution in [0.3, 0.4) is 0 Å². The fourth-order valence-electron chi connectivity index (χ4n) is 1.82. The summed E-state index contributed by atoms with van der Waals surface area (Å²) < 4.78 is 0.500. The monoisotopic (exact) mass is 269 g/mol. The van der Waals surface area contributed by atoms with Gasteiger partial charge in [-0.2, -0.15) is 0 Å². The highest BCUT2D eigenvalue weighted by molar-refractivity contribution is 9.10. The van der Waals surface area contributed by atoms with Gasteiger partial charge in [0.05, 0.1) is 0 Å². The third-order valence-electron chi connectivity index (χ3n) is 2.68. The Morgan fingerprint density at radius 1 is 1.53 bits per heavy atom. The third kappa shape index (κ3) is 1.47. The van der Waals surface area contributed by atoms with E-state index in [0.29, 0.717) is 10.2 Å². The van der Waals surface area contributed by atoms with Gasteiger partial charge in [0.15, 0.2) is 0 Å². The Labute approximate surface area is 94.5 Å². The fourth-order valence-corrected chi connectivity index (χ4v) is 2.45. The number of carbonyl (C=O) groups is 2. The topological polar surface area (TPSA) is 67.3 Å². The van der Waals surface area contributed by atoms with Crippen LogP contribution in [0.2, 0.25) is 0 Å². The van der Waals surface area contributed by atoms with Gasteiger partial charge in [0.2, 0.25) is 0 Å². The molecular weight excluding hydrogens is 262 g/mol. The number of pyridine rings is 1. The molecule has 1 saturated carbocycles. The van der Waals surface area contributed by atoms with E-state index < -0.39 is 11.4 Å². The normalized spacial score (nSPS) is 18.3. The Balaban J connectivity index is 2.48. The van der Waals surface area contributed by atoms with Crippen molar-refractivity contribution in [2.24, 2.45) is 0 Å². The van der Waals surface area contributed by atoms with Crippen LogP contribution in [0.4, 0.5) is 0 Å². The van der Waals surface area contributed by atoms with Crippen molar-refractivity contribution in [3.63, 3.8) is 0 Å². The number of halogens is 1. The Hall–Kier alpha value is -1.23. The number of aromatic nitrogens is 1. The summed E-state index contributed by atoms with van der Waals surface area (Å²) in [7, 11) is 0. The van der Waals surface area contributed by atoms with E-state index in [1.165, 1.54) is 0 Å². The number of Topliss-reactive ketones (excluding diaryl/α,β-unsaturated/α-hetero) is 1. The van der Waals surface area contributed by atoms with E-state index in [-0.39, 0.29) is 18.6 Å². The molecular formula is C10H8BrNO3. The number of ketones is 1. The average Bonchev–Trinajstić information content (AvgIpc) is 2.13. The zero-order valence-electron chi connectivity index (χ0n) is 7.74. The van der Waals surface area contributed by atoms with Gasteiger partial charge in [-0.15, -0.1) is 0 Å². The molecule has 0 unspecified atom stereocenters. The Kier molecular flexibility index (Phi) is 2.34. The smallest absolute Gasteiger partial charge is 0.315 e. The Bertz CT molecular complexity index is 436. The molecule has 78 valence electrons. The molecule has 0 aromatic carbocycles. The fraction of sp³-hybridized carbons (Fsp3) is 0.300. The molecule has 1 heterocycles. The molecule has 1 aliphatic rings. The lowest BCUT2D eigenvalue weighted by Crippen LogP contribution is -2.48. The number of aliphatic carboxylic acids is 1. The number of nitrogens with zero attached hydrogens (tertiary/aromatic N) is 1. The highest BCUT2D eigenvalue weighted by Crippen LogP contribution is 2.43. The van der Waals surface area contributed by atoms with Gasteiger partial charge in [-0.1, -0.05) is 6.07 Å². The second kappa shape index (κ2) is 3.41. The number of carboxylic acids is 1. The molecule has 15 heavy (non-hydrogen) atoms. The van der Waals surface area contributed by atoms with E-state index in [9.17, 15) is 14.7 Å². The lowest BCUT2D eigenvalue weighted by molar-refractivity contribution is -0.153. The molecule has 4 nitrogen and oxygen atoms in total. The summed E-state index contributed by atoms with van der Waals surface area (Å²) in [6.07, 6.45) is 1.70. The largest absolute Gasteiger partial charge is 0.481 e. The summed E-state index contributed by atoms with van der Waals surface area (Å²) in [4.78, 5) is 26.2. The van der Waals surface area contributed by atoms with Crippen LogP contribution >= 0.6 is 15.9 Å². The summed E-state index contributed by atoms with van der Waals surface area (Å²) in [5.74, 6) is -0.982. The first-order valence-corrected chi connectivity index (χ1v) is 5.22. The first kappa shape index (κ1) is 10.3. The molecule has 1 fully saturated rings. The van der Waals surface area contributed by atoms with Crippen LogP contribution in [0.5, 0.6) is 0 Å². The van der Waals surface area contributed by atoms with E-state index in [1.807, 2.05) is 0 Å². The third-order valence-corrected chi connectivity index (χ3v) is 3.31. The number of rotatable bonds is 2. The maximum Gasteiger partial charge on any atom is 0.315 e. The van der Waals surface area contributed by atoms with Crippen LogP contribution in [-0.4, -0.2) is 21.8 Å². The minimum absolute atomic E-state index is 0.0202. The number of carboxylic acid groups (broad SMARTS) is 1. The SMILES string of the molecule is O=C1CC(C(=O)O)(c2cccnc2Br)C1. The van der Waals surface area contributed by atoms with Crippen molar-refractivity contribution < 1.29 is 14.7 Å². The molecule has 0 bridgehead atoms. The van der Waals surface area contributed by atoms with Gasteiger partial charge < -0.3 is 5.11 Å². The molecule has 5 heteroatoms. The molecule has 1 aromatic rings. The molecule has 2 rings (SSSR count). The highest BCUT2D eigenvalue weighted by atomic mass is 79.9. The van der Waals surface area contributed by atoms with Crippen LogP contribution in [0, 0.1) is 0 Å². The van der Waals surface area contributed by atoms with E-state index in [4.69, 9.17) is 0 Å². The molecule has 1 N–H and O–H groups in total. The molecule has 0 atom stereocenters. The lowest BCUT2D eigenvalue weighted by Gasteiger charge is -2.36. The van der Waals surface area contributed by atoms with Crippen molar-refractivity contribution in [2.45, 2.75) is 18.3 Å². The Morgan fingerprint density at radius 2 is 2.20 bits per heavy atom. The van der Waals surface area contributed by atoms with Crippen LogP contribution < -0.4 is 0 Å². The van der Waals surface area contributed by atoms with Crippen molar-refractivity contribution in [1.29, 1.82) is 0 Å². The summed E-state index contributed by atoms with van der Waals surface area (Å²) in [5, 5.41) is 9.18. The molecule has 0 amide bonds. The van der Waals surface area contributed by atoms with E-state index in [2.05, 4.69) is 20.9 Å². The van der Waals surface area contributed by atoms with Crippen LogP contribution in [0.15, 0.2) is 22.9 Å². The van der Waals surface area contributed by atoms with Crippen molar-refractivity contribution in [3.8, 4) is 0 Å². The summed E-state index contributed by atoms with van der Waals surface area (Å²) in [5.41, 5.74) is -0.485. The van der Waals surface area contributed by atoms with Crippen LogP contribution in [-0.2, 0) is 15.0 Å². The molecule has 1 aromatic heterocycles. The quantitative estimate of drug-likeness (QED) is 0.827. The summed E-state index contributed by atoms with van der Waals surface area (Å²) in [6, 6.07) is 3.37. The van der Waals surface area contributed by atoms with Gasteiger partial charge in [-0.25, -0.2) is 4.98 Å². The van der Waals surface area contributed by atoms with Gasteiger partial charge in [-0.05, 0) is 22.0 Å². The zero-order valence-corrected chi connectivity index (χ0v) is 9.32.